The van der Waals surface area contributed by atoms with Crippen molar-refractivity contribution in [3.8, 4) is 0 Å². The second kappa shape index (κ2) is 12.7. The number of benzene rings is 1. The molecule has 5 aliphatic carbocycles. The van der Waals surface area contributed by atoms with Gasteiger partial charge >= 0.3 is 11.9 Å². The van der Waals surface area contributed by atoms with E-state index in [1.165, 1.54) is 31.1 Å². The predicted molar refractivity (Wildman–Crippen MR) is 194 cm³/mol. The summed E-state index contributed by atoms with van der Waals surface area (Å²) in [5.41, 5.74) is 1.99. The predicted octanol–water partition coefficient (Wildman–Crippen LogP) is 10.3. The van der Waals surface area contributed by atoms with Gasteiger partial charge in [0.25, 0.3) is 0 Å². The zero-order chi connectivity index (χ0) is 35.6. The van der Waals surface area contributed by atoms with E-state index in [0.717, 1.165) is 50.5 Å². The lowest BCUT2D eigenvalue weighted by molar-refractivity contribution is -0.248. The highest BCUT2D eigenvalue weighted by Crippen LogP contribution is 2.77. The van der Waals surface area contributed by atoms with Gasteiger partial charge in [0.05, 0.1) is 12.8 Å². The highest BCUT2D eigenvalue weighted by atomic mass is 16.5. The number of hydrogen-bond donors (Lipinski definition) is 0. The maximum absolute atomic E-state index is 13.5. The summed E-state index contributed by atoms with van der Waals surface area (Å²) in [6, 6.07) is 9.68. The van der Waals surface area contributed by atoms with Crippen LogP contribution in [-0.4, -0.2) is 24.3 Å². The van der Waals surface area contributed by atoms with Gasteiger partial charge < -0.3 is 14.3 Å². The van der Waals surface area contributed by atoms with Crippen molar-refractivity contribution in [2.75, 3.05) is 0 Å². The summed E-state index contributed by atoms with van der Waals surface area (Å²) < 4.78 is 11.9. The molecule has 0 heterocycles. The number of esters is 2. The molecule has 0 radical (unpaired) electrons. The summed E-state index contributed by atoms with van der Waals surface area (Å²) in [5.74, 6) is 2.06. The van der Waals surface area contributed by atoms with Gasteiger partial charge in [0.2, 0.25) is 0 Å². The average molecular weight is 673 g/mol. The molecule has 5 nitrogen and oxygen atoms in total. The van der Waals surface area contributed by atoms with E-state index in [-0.39, 0.29) is 64.6 Å². The van der Waals surface area contributed by atoms with E-state index in [2.05, 4.69) is 48.1 Å². The van der Waals surface area contributed by atoms with Crippen LogP contribution in [0.15, 0.2) is 42.5 Å². The van der Waals surface area contributed by atoms with E-state index < -0.39 is 5.41 Å². The summed E-state index contributed by atoms with van der Waals surface area (Å²) in [6.07, 6.45) is 12.7. The standard InChI is InChI=1S/C44H64O5/c1-29(2)31-17-22-44(28-45)24-23-42(8)32(38(31)44)15-16-34-41(7)20-19-35(40(5,6)33(41)18-21-43(34,42)9)49-37(47)26-39(3,4)25-36(46)48-27-30-13-11-10-12-14-30/h10-14,28,31-35,38H,1,15-27H2,2-9H3/t31-,32?,33?,34?,35-,38?,41-,42+,43+,44+/m0/s1. The Morgan fingerprint density at radius 3 is 2.20 bits per heavy atom. The van der Waals surface area contributed by atoms with E-state index >= 15 is 0 Å². The number of aldehydes is 1. The molecule has 0 aromatic heterocycles. The lowest BCUT2D eigenvalue weighted by Crippen LogP contribution is -2.66. The smallest absolute Gasteiger partial charge is 0.306 e. The summed E-state index contributed by atoms with van der Waals surface area (Å²) in [4.78, 5) is 39.0. The van der Waals surface area contributed by atoms with Crippen LogP contribution >= 0.6 is 0 Å². The van der Waals surface area contributed by atoms with Crippen molar-refractivity contribution >= 4 is 18.2 Å². The Labute approximate surface area is 296 Å². The molecule has 0 spiro atoms. The monoisotopic (exact) mass is 672 g/mol. The molecule has 0 amide bonds. The van der Waals surface area contributed by atoms with Gasteiger partial charge in [-0.25, -0.2) is 0 Å². The fraction of sp³-hybridized carbons (Fsp3) is 0.750. The molecular formula is C44H64O5. The number of allylic oxidation sites excluding steroid dienone is 1. The van der Waals surface area contributed by atoms with Crippen molar-refractivity contribution in [3.05, 3.63) is 48.0 Å². The van der Waals surface area contributed by atoms with E-state index in [4.69, 9.17) is 9.47 Å². The number of carbonyl (C=O) groups is 3. The van der Waals surface area contributed by atoms with Crippen molar-refractivity contribution in [2.24, 2.45) is 62.1 Å². The fourth-order valence-electron chi connectivity index (χ4n) is 13.4. The summed E-state index contributed by atoms with van der Waals surface area (Å²) in [5, 5.41) is 0. The van der Waals surface area contributed by atoms with Gasteiger partial charge in [-0.1, -0.05) is 91.0 Å². The number of carbonyl (C=O) groups excluding carboxylic acids is 3. The van der Waals surface area contributed by atoms with Crippen LogP contribution in [0.1, 0.15) is 138 Å². The highest BCUT2D eigenvalue weighted by Gasteiger charge is 2.71. The van der Waals surface area contributed by atoms with Crippen LogP contribution in [0.25, 0.3) is 0 Å². The van der Waals surface area contributed by atoms with E-state index in [9.17, 15) is 14.4 Å². The lowest BCUT2D eigenvalue weighted by atomic mass is 9.32. The first-order chi connectivity index (χ1) is 22.9. The molecule has 5 saturated carbocycles. The Hall–Kier alpha value is -2.43. The van der Waals surface area contributed by atoms with Crippen LogP contribution in [0.3, 0.4) is 0 Å². The minimum Gasteiger partial charge on any atom is -0.462 e. The average Bonchev–Trinajstić information content (AvgIpc) is 3.42. The van der Waals surface area contributed by atoms with Gasteiger partial charge in [0, 0.05) is 10.8 Å². The molecule has 270 valence electrons. The summed E-state index contributed by atoms with van der Waals surface area (Å²) in [7, 11) is 0. The Morgan fingerprint density at radius 1 is 0.837 bits per heavy atom. The van der Waals surface area contributed by atoms with Crippen molar-refractivity contribution in [2.45, 2.75) is 145 Å². The molecule has 0 aliphatic heterocycles. The van der Waals surface area contributed by atoms with Crippen LogP contribution < -0.4 is 0 Å². The van der Waals surface area contributed by atoms with E-state index in [1.807, 2.05) is 44.2 Å². The molecule has 49 heavy (non-hydrogen) atoms. The second-order valence-corrected chi connectivity index (χ2v) is 19.5. The molecule has 5 aliphatic rings. The first kappa shape index (κ1) is 36.4. The first-order valence-corrected chi connectivity index (χ1v) is 19.4. The van der Waals surface area contributed by atoms with Crippen LogP contribution in [0, 0.1) is 62.1 Å². The number of ether oxygens (including phenoxy) is 2. The molecule has 1 aromatic carbocycles. The Balaban J connectivity index is 1.13. The van der Waals surface area contributed by atoms with E-state index in [0.29, 0.717) is 29.6 Å². The third-order valence-electron chi connectivity index (χ3n) is 16.1. The zero-order valence-corrected chi connectivity index (χ0v) is 31.9. The summed E-state index contributed by atoms with van der Waals surface area (Å²) in [6.45, 7) is 23.3. The van der Waals surface area contributed by atoms with Gasteiger partial charge in [-0.3, -0.25) is 9.59 Å². The van der Waals surface area contributed by atoms with Gasteiger partial charge in [0.15, 0.2) is 0 Å². The summed E-state index contributed by atoms with van der Waals surface area (Å²) >= 11 is 0. The van der Waals surface area contributed by atoms with Gasteiger partial charge in [-0.15, -0.1) is 0 Å². The second-order valence-electron chi connectivity index (χ2n) is 19.5. The van der Waals surface area contributed by atoms with Crippen molar-refractivity contribution in [1.29, 1.82) is 0 Å². The maximum Gasteiger partial charge on any atom is 0.306 e. The molecule has 0 N–H and O–H groups in total. The minimum absolute atomic E-state index is 0.132. The Bertz CT molecular complexity index is 1440. The zero-order valence-electron chi connectivity index (χ0n) is 31.9. The Kier molecular flexibility index (Phi) is 9.39. The SMILES string of the molecule is C=C(C)[C@@H]1CC[C@]2(C=O)CC[C@]3(C)C(CCC4[C@@]5(C)CC[C@H](OC(=O)CC(C)(C)CC(=O)OCc6ccccc6)C(C)(C)C5CC[C@]43C)C12. The maximum atomic E-state index is 13.5. The quantitative estimate of drug-likeness (QED) is 0.148. The van der Waals surface area contributed by atoms with Gasteiger partial charge in [-0.05, 0) is 128 Å². The van der Waals surface area contributed by atoms with Crippen LogP contribution in [0.5, 0.6) is 0 Å². The van der Waals surface area contributed by atoms with Gasteiger partial charge in [0.1, 0.15) is 19.0 Å². The Morgan fingerprint density at radius 2 is 1.53 bits per heavy atom. The minimum atomic E-state index is -0.553. The van der Waals surface area contributed by atoms with E-state index in [1.54, 1.807) is 0 Å². The highest BCUT2D eigenvalue weighted by molar-refractivity contribution is 5.74. The van der Waals surface area contributed by atoms with Crippen molar-refractivity contribution < 1.29 is 23.9 Å². The van der Waals surface area contributed by atoms with Gasteiger partial charge in [-0.2, -0.15) is 0 Å². The number of rotatable bonds is 9. The number of hydrogen-bond acceptors (Lipinski definition) is 5. The fourth-order valence-corrected chi connectivity index (χ4v) is 13.4. The van der Waals surface area contributed by atoms with Crippen LogP contribution in [0.4, 0.5) is 0 Å². The molecule has 4 unspecified atom stereocenters. The molecule has 5 fully saturated rings. The normalized spacial score (nSPS) is 40.9. The molecule has 5 heteroatoms. The molecule has 0 bridgehead atoms. The molecular weight excluding hydrogens is 608 g/mol. The molecule has 6 rings (SSSR count). The molecule has 10 atom stereocenters. The molecule has 1 aromatic rings. The first-order valence-electron chi connectivity index (χ1n) is 19.4. The largest absolute Gasteiger partial charge is 0.462 e. The topological polar surface area (TPSA) is 69.7 Å². The van der Waals surface area contributed by atoms with Crippen LogP contribution in [0.2, 0.25) is 0 Å². The number of fused-ring (bicyclic) bond motifs is 7. The van der Waals surface area contributed by atoms with Crippen LogP contribution in [-0.2, 0) is 30.5 Å². The molecule has 0 saturated heterocycles. The van der Waals surface area contributed by atoms with Crippen molar-refractivity contribution in [1.82, 2.24) is 0 Å². The third kappa shape index (κ3) is 5.95. The lowest BCUT2D eigenvalue weighted by Gasteiger charge is -2.72. The van der Waals surface area contributed by atoms with Crippen molar-refractivity contribution in [3.63, 3.8) is 0 Å². The third-order valence-corrected chi connectivity index (χ3v) is 16.1.